The maximum absolute atomic E-state index is 4.51. The van der Waals surface area contributed by atoms with Crippen LogP contribution >= 0.6 is 0 Å². The molecule has 0 bridgehead atoms. The van der Waals surface area contributed by atoms with E-state index in [2.05, 4.69) is 42.2 Å². The molecule has 3 heteroatoms. The molecule has 0 saturated carbocycles. The number of pyridine rings is 1. The minimum absolute atomic E-state index is 0.482. The first-order valence-corrected chi connectivity index (χ1v) is 6.64. The Kier molecular flexibility index (Phi) is 4.00. The van der Waals surface area contributed by atoms with Gasteiger partial charge >= 0.3 is 0 Å². The standard InChI is InChI=1S/C14H23N3/c1-4-11(2)16-14-12(7-5-9-15-14)13-8-6-10-17(13)3/h5,7,9,11,13H,4,6,8,10H2,1-3H3,(H,15,16)/t11-,13+/m0/s1. The van der Waals surface area contributed by atoms with E-state index in [9.17, 15) is 0 Å². The maximum Gasteiger partial charge on any atom is 0.130 e. The molecule has 2 rings (SSSR count). The van der Waals surface area contributed by atoms with Gasteiger partial charge in [-0.3, -0.25) is 4.90 Å². The predicted octanol–water partition coefficient (Wildman–Crippen LogP) is 3.06. The van der Waals surface area contributed by atoms with Crippen LogP contribution in [0.5, 0.6) is 0 Å². The fourth-order valence-corrected chi connectivity index (χ4v) is 2.45. The van der Waals surface area contributed by atoms with Crippen LogP contribution in [0.15, 0.2) is 18.3 Å². The molecule has 1 aromatic rings. The molecule has 0 amide bonds. The molecule has 2 atom stereocenters. The topological polar surface area (TPSA) is 28.2 Å². The van der Waals surface area contributed by atoms with Gasteiger partial charge in [-0.05, 0) is 45.8 Å². The third-order valence-electron chi connectivity index (χ3n) is 3.71. The van der Waals surface area contributed by atoms with Gasteiger partial charge in [-0.2, -0.15) is 0 Å². The highest BCUT2D eigenvalue weighted by atomic mass is 15.2. The summed E-state index contributed by atoms with van der Waals surface area (Å²) in [6.07, 6.45) is 5.54. The lowest BCUT2D eigenvalue weighted by Gasteiger charge is -2.23. The molecule has 0 aromatic carbocycles. The summed E-state index contributed by atoms with van der Waals surface area (Å²) in [6, 6.07) is 5.28. The minimum atomic E-state index is 0.482. The summed E-state index contributed by atoms with van der Waals surface area (Å²) in [7, 11) is 2.21. The second-order valence-corrected chi connectivity index (χ2v) is 5.03. The van der Waals surface area contributed by atoms with Gasteiger partial charge in [0.25, 0.3) is 0 Å². The van der Waals surface area contributed by atoms with Gasteiger partial charge in [-0.25, -0.2) is 4.98 Å². The Labute approximate surface area is 104 Å². The lowest BCUT2D eigenvalue weighted by atomic mass is 10.1. The summed E-state index contributed by atoms with van der Waals surface area (Å²) in [6.45, 7) is 5.60. The molecule has 1 saturated heterocycles. The van der Waals surface area contributed by atoms with Gasteiger partial charge in [0.1, 0.15) is 5.82 Å². The highest BCUT2D eigenvalue weighted by Crippen LogP contribution is 2.33. The lowest BCUT2D eigenvalue weighted by Crippen LogP contribution is -2.21. The zero-order chi connectivity index (χ0) is 12.3. The number of nitrogens with zero attached hydrogens (tertiary/aromatic N) is 2. The molecule has 1 N–H and O–H groups in total. The van der Waals surface area contributed by atoms with Crippen LogP contribution in [0.4, 0.5) is 5.82 Å². The van der Waals surface area contributed by atoms with Gasteiger partial charge in [-0.15, -0.1) is 0 Å². The molecular weight excluding hydrogens is 210 g/mol. The first-order chi connectivity index (χ1) is 8.22. The minimum Gasteiger partial charge on any atom is -0.367 e. The third-order valence-corrected chi connectivity index (χ3v) is 3.71. The van der Waals surface area contributed by atoms with Crippen molar-refractivity contribution in [3.8, 4) is 0 Å². The van der Waals surface area contributed by atoms with E-state index in [1.165, 1.54) is 24.9 Å². The monoisotopic (exact) mass is 233 g/mol. The quantitative estimate of drug-likeness (QED) is 0.866. The number of likely N-dealkylation sites (tertiary alicyclic amines) is 1. The van der Waals surface area contributed by atoms with Crippen molar-refractivity contribution in [2.75, 3.05) is 18.9 Å². The van der Waals surface area contributed by atoms with Crippen LogP contribution in [0.1, 0.15) is 44.7 Å². The molecule has 17 heavy (non-hydrogen) atoms. The van der Waals surface area contributed by atoms with Gasteiger partial charge in [0.05, 0.1) is 0 Å². The van der Waals surface area contributed by atoms with Crippen LogP contribution in [0.3, 0.4) is 0 Å². The largest absolute Gasteiger partial charge is 0.367 e. The van der Waals surface area contributed by atoms with Crippen molar-refractivity contribution in [1.82, 2.24) is 9.88 Å². The van der Waals surface area contributed by atoms with E-state index in [0.29, 0.717) is 12.1 Å². The van der Waals surface area contributed by atoms with Crippen molar-refractivity contribution >= 4 is 5.82 Å². The summed E-state index contributed by atoms with van der Waals surface area (Å²) < 4.78 is 0. The molecule has 0 radical (unpaired) electrons. The average Bonchev–Trinajstić information content (AvgIpc) is 2.76. The molecule has 0 unspecified atom stereocenters. The Balaban J connectivity index is 2.21. The third kappa shape index (κ3) is 2.78. The van der Waals surface area contributed by atoms with Crippen molar-refractivity contribution < 1.29 is 0 Å². The second kappa shape index (κ2) is 5.50. The van der Waals surface area contributed by atoms with Crippen LogP contribution < -0.4 is 5.32 Å². The lowest BCUT2D eigenvalue weighted by molar-refractivity contribution is 0.317. The van der Waals surface area contributed by atoms with Crippen molar-refractivity contribution in [3.05, 3.63) is 23.9 Å². The van der Waals surface area contributed by atoms with E-state index >= 15 is 0 Å². The summed E-state index contributed by atoms with van der Waals surface area (Å²) in [5.41, 5.74) is 1.35. The summed E-state index contributed by atoms with van der Waals surface area (Å²) in [4.78, 5) is 6.94. The van der Waals surface area contributed by atoms with Crippen LogP contribution in [0, 0.1) is 0 Å². The fraction of sp³-hybridized carbons (Fsp3) is 0.643. The van der Waals surface area contributed by atoms with E-state index in [4.69, 9.17) is 0 Å². The number of hydrogen-bond acceptors (Lipinski definition) is 3. The molecule has 94 valence electrons. The Morgan fingerprint density at radius 3 is 3.06 bits per heavy atom. The van der Waals surface area contributed by atoms with Crippen LogP contribution in [0.2, 0.25) is 0 Å². The summed E-state index contributed by atoms with van der Waals surface area (Å²) in [5, 5.41) is 3.52. The zero-order valence-corrected chi connectivity index (χ0v) is 11.1. The molecule has 0 spiro atoms. The second-order valence-electron chi connectivity index (χ2n) is 5.03. The Morgan fingerprint density at radius 2 is 2.41 bits per heavy atom. The first kappa shape index (κ1) is 12.4. The van der Waals surface area contributed by atoms with Crippen LogP contribution in [0.25, 0.3) is 0 Å². The van der Waals surface area contributed by atoms with Gasteiger partial charge < -0.3 is 5.32 Å². The molecular formula is C14H23N3. The molecule has 3 nitrogen and oxygen atoms in total. The number of anilines is 1. The Morgan fingerprint density at radius 1 is 1.59 bits per heavy atom. The van der Waals surface area contributed by atoms with Crippen molar-refractivity contribution in [2.24, 2.45) is 0 Å². The number of hydrogen-bond donors (Lipinski definition) is 1. The van der Waals surface area contributed by atoms with Crippen LogP contribution in [-0.4, -0.2) is 29.5 Å². The van der Waals surface area contributed by atoms with Gasteiger partial charge in [0, 0.05) is 23.8 Å². The molecule has 1 fully saturated rings. The average molecular weight is 233 g/mol. The van der Waals surface area contributed by atoms with E-state index in [0.717, 1.165) is 12.2 Å². The SMILES string of the molecule is CC[C@H](C)Nc1ncccc1[C@H]1CCCN1C. The molecule has 1 aliphatic heterocycles. The van der Waals surface area contributed by atoms with E-state index in [1.54, 1.807) is 0 Å². The summed E-state index contributed by atoms with van der Waals surface area (Å²) >= 11 is 0. The molecule has 1 aliphatic rings. The first-order valence-electron chi connectivity index (χ1n) is 6.64. The van der Waals surface area contributed by atoms with Crippen molar-refractivity contribution in [3.63, 3.8) is 0 Å². The van der Waals surface area contributed by atoms with E-state index < -0.39 is 0 Å². The smallest absolute Gasteiger partial charge is 0.130 e. The molecule has 0 aliphatic carbocycles. The van der Waals surface area contributed by atoms with Crippen LogP contribution in [-0.2, 0) is 0 Å². The number of aromatic nitrogens is 1. The fourth-order valence-electron chi connectivity index (χ4n) is 2.45. The Hall–Kier alpha value is -1.09. The summed E-state index contributed by atoms with van der Waals surface area (Å²) in [5.74, 6) is 1.07. The normalized spacial score (nSPS) is 22.6. The molecule has 2 heterocycles. The predicted molar refractivity (Wildman–Crippen MR) is 72.2 cm³/mol. The Bertz CT molecular complexity index is 364. The zero-order valence-electron chi connectivity index (χ0n) is 11.1. The van der Waals surface area contributed by atoms with Crippen molar-refractivity contribution in [2.45, 2.75) is 45.2 Å². The van der Waals surface area contributed by atoms with Crippen molar-refractivity contribution in [1.29, 1.82) is 0 Å². The highest BCUT2D eigenvalue weighted by molar-refractivity contribution is 5.46. The number of rotatable bonds is 4. The van der Waals surface area contributed by atoms with Gasteiger partial charge in [0.15, 0.2) is 0 Å². The maximum atomic E-state index is 4.51. The van der Waals surface area contributed by atoms with E-state index in [-0.39, 0.29) is 0 Å². The van der Waals surface area contributed by atoms with Gasteiger partial charge in [0.2, 0.25) is 0 Å². The van der Waals surface area contributed by atoms with E-state index in [1.807, 2.05) is 12.3 Å². The van der Waals surface area contributed by atoms with Gasteiger partial charge in [-0.1, -0.05) is 13.0 Å². The molecule has 1 aromatic heterocycles. The number of nitrogens with one attached hydrogen (secondary N) is 1. The highest BCUT2D eigenvalue weighted by Gasteiger charge is 2.25.